The second-order valence-electron chi connectivity index (χ2n) is 5.43. The van der Waals surface area contributed by atoms with Crippen molar-refractivity contribution in [2.24, 2.45) is 11.7 Å². The van der Waals surface area contributed by atoms with Crippen LogP contribution in [0.25, 0.3) is 0 Å². The predicted octanol–water partition coefficient (Wildman–Crippen LogP) is 3.04. The van der Waals surface area contributed by atoms with Gasteiger partial charge in [-0.3, -0.25) is 4.79 Å². The molecule has 0 aliphatic carbocycles. The first-order chi connectivity index (χ1) is 10.2. The van der Waals surface area contributed by atoms with Crippen molar-refractivity contribution in [1.29, 1.82) is 0 Å². The second kappa shape index (κ2) is 9.62. The van der Waals surface area contributed by atoms with E-state index in [-0.39, 0.29) is 37.0 Å². The smallest absolute Gasteiger partial charge is 0.406 e. The topological polar surface area (TPSA) is 64.4 Å². The molecule has 132 valence electrons. The van der Waals surface area contributed by atoms with Gasteiger partial charge in [-0.25, -0.2) is 0 Å². The highest BCUT2D eigenvalue weighted by molar-refractivity contribution is 5.85. The maximum absolute atomic E-state index is 12.3. The largest absolute Gasteiger partial charge is 0.573 e. The third kappa shape index (κ3) is 8.66. The minimum atomic E-state index is -4.74. The molecule has 0 radical (unpaired) electrons. The van der Waals surface area contributed by atoms with Gasteiger partial charge in [-0.1, -0.05) is 32.0 Å². The molecule has 0 saturated heterocycles. The van der Waals surface area contributed by atoms with Crippen LogP contribution in [0, 0.1) is 5.92 Å². The van der Waals surface area contributed by atoms with Crippen LogP contribution in [0.2, 0.25) is 0 Å². The van der Waals surface area contributed by atoms with E-state index in [2.05, 4.69) is 10.1 Å². The number of rotatable bonds is 7. The van der Waals surface area contributed by atoms with Crippen LogP contribution in [-0.4, -0.2) is 24.9 Å². The molecule has 8 heteroatoms. The molecule has 1 rings (SSSR count). The van der Waals surface area contributed by atoms with E-state index in [4.69, 9.17) is 5.73 Å². The number of alkyl halides is 3. The molecule has 4 nitrogen and oxygen atoms in total. The third-order valence-electron chi connectivity index (χ3n) is 2.95. The number of ether oxygens (including phenoxy) is 1. The number of para-hydroxylation sites is 1. The number of carbonyl (C=O) groups is 1. The number of hydrogen-bond donors (Lipinski definition) is 2. The highest BCUT2D eigenvalue weighted by Crippen LogP contribution is 2.26. The fourth-order valence-corrected chi connectivity index (χ4v) is 2.00. The van der Waals surface area contributed by atoms with Gasteiger partial charge in [0.1, 0.15) is 5.75 Å². The molecule has 0 aliphatic heterocycles. The van der Waals surface area contributed by atoms with E-state index in [1.54, 1.807) is 6.07 Å². The van der Waals surface area contributed by atoms with E-state index in [0.717, 1.165) is 0 Å². The first-order valence-corrected chi connectivity index (χ1v) is 7.06. The van der Waals surface area contributed by atoms with Gasteiger partial charge in [0, 0.05) is 6.54 Å². The van der Waals surface area contributed by atoms with Crippen molar-refractivity contribution >= 4 is 18.3 Å². The van der Waals surface area contributed by atoms with Gasteiger partial charge in [0.05, 0.1) is 6.04 Å². The SMILES string of the molecule is CC(C)C[C@H](N)C(=O)NCCc1ccccc1OC(F)(F)F.Cl. The molecule has 1 amide bonds. The van der Waals surface area contributed by atoms with Crippen LogP contribution in [0.5, 0.6) is 5.75 Å². The summed E-state index contributed by atoms with van der Waals surface area (Å²) in [5, 5.41) is 2.63. The van der Waals surface area contributed by atoms with Crippen molar-refractivity contribution in [3.05, 3.63) is 29.8 Å². The molecular weight excluding hydrogens is 333 g/mol. The van der Waals surface area contributed by atoms with Crippen molar-refractivity contribution in [3.63, 3.8) is 0 Å². The summed E-state index contributed by atoms with van der Waals surface area (Å²) in [5.41, 5.74) is 6.10. The molecule has 1 aromatic rings. The van der Waals surface area contributed by atoms with Gasteiger partial charge >= 0.3 is 6.36 Å². The van der Waals surface area contributed by atoms with Gasteiger partial charge in [0.25, 0.3) is 0 Å². The molecule has 0 aromatic heterocycles. The van der Waals surface area contributed by atoms with E-state index in [9.17, 15) is 18.0 Å². The van der Waals surface area contributed by atoms with Crippen LogP contribution >= 0.6 is 12.4 Å². The first-order valence-electron chi connectivity index (χ1n) is 7.06. The summed E-state index contributed by atoms with van der Waals surface area (Å²) in [5.74, 6) is -0.264. The lowest BCUT2D eigenvalue weighted by atomic mass is 10.0. The van der Waals surface area contributed by atoms with Crippen molar-refractivity contribution in [1.82, 2.24) is 5.32 Å². The van der Waals surface area contributed by atoms with E-state index >= 15 is 0 Å². The molecular formula is C15H22ClF3N2O2. The van der Waals surface area contributed by atoms with Crippen molar-refractivity contribution in [2.75, 3.05) is 6.54 Å². The fourth-order valence-electron chi connectivity index (χ4n) is 2.00. The molecule has 0 aliphatic rings. The molecule has 0 unspecified atom stereocenters. The molecule has 3 N–H and O–H groups in total. The lowest BCUT2D eigenvalue weighted by molar-refractivity contribution is -0.274. The number of nitrogens with two attached hydrogens (primary N) is 1. The second-order valence-corrected chi connectivity index (χ2v) is 5.43. The highest BCUT2D eigenvalue weighted by Gasteiger charge is 2.31. The Hall–Kier alpha value is -1.47. The summed E-state index contributed by atoms with van der Waals surface area (Å²) < 4.78 is 40.8. The van der Waals surface area contributed by atoms with Gasteiger partial charge in [0.15, 0.2) is 0 Å². The summed E-state index contributed by atoms with van der Waals surface area (Å²) in [4.78, 5) is 11.7. The van der Waals surface area contributed by atoms with E-state index in [1.807, 2.05) is 13.8 Å². The molecule has 23 heavy (non-hydrogen) atoms. The Kier molecular flexibility index (Phi) is 9.01. The van der Waals surface area contributed by atoms with Crippen LogP contribution in [0.4, 0.5) is 13.2 Å². The number of amides is 1. The maximum Gasteiger partial charge on any atom is 0.573 e. The Balaban J connectivity index is 0.00000484. The Bertz CT molecular complexity index is 496. The first kappa shape index (κ1) is 21.5. The van der Waals surface area contributed by atoms with Crippen LogP contribution in [0.15, 0.2) is 24.3 Å². The quantitative estimate of drug-likeness (QED) is 0.791. The fraction of sp³-hybridized carbons (Fsp3) is 0.533. The Morgan fingerprint density at radius 2 is 1.91 bits per heavy atom. The minimum absolute atomic E-state index is 0. The van der Waals surface area contributed by atoms with Gasteiger partial charge in [-0.15, -0.1) is 25.6 Å². The van der Waals surface area contributed by atoms with Crippen molar-refractivity contribution in [3.8, 4) is 5.75 Å². The average Bonchev–Trinajstić information content (AvgIpc) is 2.38. The summed E-state index contributed by atoms with van der Waals surface area (Å²) in [6, 6.07) is 5.24. The standard InChI is InChI=1S/C15H21F3N2O2.ClH/c1-10(2)9-12(19)14(21)20-8-7-11-5-3-4-6-13(11)22-15(16,17)18;/h3-6,10,12H,7-9,19H2,1-2H3,(H,20,21);1H/t12-;/m0./s1. The van der Waals surface area contributed by atoms with E-state index in [1.165, 1.54) is 18.2 Å². The minimum Gasteiger partial charge on any atom is -0.406 e. The van der Waals surface area contributed by atoms with Crippen LogP contribution in [0.1, 0.15) is 25.8 Å². The summed E-state index contributed by atoms with van der Waals surface area (Å²) in [6.45, 7) is 4.11. The Morgan fingerprint density at radius 1 is 1.30 bits per heavy atom. The molecule has 0 heterocycles. The zero-order chi connectivity index (χ0) is 16.8. The van der Waals surface area contributed by atoms with Gasteiger partial charge < -0.3 is 15.8 Å². The van der Waals surface area contributed by atoms with Gasteiger partial charge in [-0.05, 0) is 30.4 Å². The van der Waals surface area contributed by atoms with Crippen LogP contribution < -0.4 is 15.8 Å². The maximum atomic E-state index is 12.3. The van der Waals surface area contributed by atoms with Crippen molar-refractivity contribution < 1.29 is 22.7 Å². The summed E-state index contributed by atoms with van der Waals surface area (Å²) in [6.07, 6.45) is -3.95. The number of carbonyl (C=O) groups excluding carboxylic acids is 1. The number of nitrogens with one attached hydrogen (secondary N) is 1. The normalized spacial score (nSPS) is 12.5. The predicted molar refractivity (Wildman–Crippen MR) is 84.5 cm³/mol. The zero-order valence-corrected chi connectivity index (χ0v) is 13.8. The Morgan fingerprint density at radius 3 is 2.48 bits per heavy atom. The summed E-state index contributed by atoms with van der Waals surface area (Å²) in [7, 11) is 0. The lowest BCUT2D eigenvalue weighted by Gasteiger charge is -2.15. The monoisotopic (exact) mass is 354 g/mol. The molecule has 0 fully saturated rings. The average molecular weight is 355 g/mol. The number of halogens is 4. The van der Waals surface area contributed by atoms with E-state index in [0.29, 0.717) is 17.9 Å². The lowest BCUT2D eigenvalue weighted by Crippen LogP contribution is -2.42. The molecule has 0 spiro atoms. The molecule has 0 saturated carbocycles. The third-order valence-corrected chi connectivity index (χ3v) is 2.95. The van der Waals surface area contributed by atoms with Crippen LogP contribution in [-0.2, 0) is 11.2 Å². The van der Waals surface area contributed by atoms with Crippen LogP contribution in [0.3, 0.4) is 0 Å². The highest BCUT2D eigenvalue weighted by atomic mass is 35.5. The number of hydrogen-bond acceptors (Lipinski definition) is 3. The van der Waals surface area contributed by atoms with Crippen molar-refractivity contribution in [2.45, 2.75) is 39.1 Å². The van der Waals surface area contributed by atoms with Gasteiger partial charge in [0.2, 0.25) is 5.91 Å². The molecule has 1 atom stereocenters. The molecule has 0 bridgehead atoms. The van der Waals surface area contributed by atoms with E-state index < -0.39 is 12.4 Å². The van der Waals surface area contributed by atoms with Gasteiger partial charge in [-0.2, -0.15) is 0 Å². The molecule has 1 aromatic carbocycles. The zero-order valence-electron chi connectivity index (χ0n) is 13.0. The number of benzene rings is 1. The summed E-state index contributed by atoms with van der Waals surface area (Å²) >= 11 is 0. The Labute approximate surface area is 140 Å².